The van der Waals surface area contributed by atoms with Crippen LogP contribution in [0.3, 0.4) is 0 Å². The number of fused-ring (bicyclic) bond motifs is 8. The number of hydrogen-bond donors (Lipinski definition) is 1. The summed E-state index contributed by atoms with van der Waals surface area (Å²) in [5, 5.41) is 0. The van der Waals surface area contributed by atoms with Crippen LogP contribution >= 0.6 is 12.6 Å². The van der Waals surface area contributed by atoms with Crippen LogP contribution in [0.4, 0.5) is 17.1 Å². The molecule has 5 aromatic carbocycles. The fourth-order valence-electron chi connectivity index (χ4n) is 10.1. The third-order valence-corrected chi connectivity index (χ3v) is 13.5. The van der Waals surface area contributed by atoms with Crippen LogP contribution in [0, 0.1) is 13.3 Å². The number of benzene rings is 5. The summed E-state index contributed by atoms with van der Waals surface area (Å²) in [5.74, 6) is 2.32. The first-order valence-corrected chi connectivity index (χ1v) is 23.9. The van der Waals surface area contributed by atoms with E-state index in [1.165, 1.54) is 27.9 Å². The molecule has 0 unspecified atom stereocenters. The summed E-state index contributed by atoms with van der Waals surface area (Å²) in [4.78, 5) is 21.0. The number of para-hydroxylation sites is 2. The fraction of sp³-hybridized carbons (Fsp3) is 0.418. The molecule has 1 amide bonds. The maximum absolute atomic E-state index is 14.1. The summed E-state index contributed by atoms with van der Waals surface area (Å²) in [7, 11) is 3.39. The minimum atomic E-state index is -0.288. The Kier molecular flexibility index (Phi) is 16.3. The van der Waals surface area contributed by atoms with E-state index in [-0.39, 0.29) is 49.4 Å². The van der Waals surface area contributed by atoms with Crippen molar-refractivity contribution in [2.24, 2.45) is 0 Å². The van der Waals surface area contributed by atoms with E-state index in [0.717, 1.165) is 95.1 Å². The van der Waals surface area contributed by atoms with Crippen molar-refractivity contribution in [2.45, 2.75) is 89.5 Å². The van der Waals surface area contributed by atoms with Gasteiger partial charge in [-0.25, -0.2) is 0 Å². The van der Waals surface area contributed by atoms with Crippen molar-refractivity contribution >= 4 is 35.6 Å². The molecule has 1 radical (unpaired) electrons. The van der Waals surface area contributed by atoms with Gasteiger partial charge < -0.3 is 49.5 Å². The van der Waals surface area contributed by atoms with Gasteiger partial charge in [0.15, 0.2) is 11.5 Å². The van der Waals surface area contributed by atoms with Gasteiger partial charge in [0.05, 0.1) is 40.1 Å². The van der Waals surface area contributed by atoms with Crippen molar-refractivity contribution < 1.29 is 65.9 Å². The van der Waals surface area contributed by atoms with Gasteiger partial charge in [-0.2, -0.15) is 19.0 Å². The van der Waals surface area contributed by atoms with Gasteiger partial charge >= 0.3 is 0 Å². The Bertz CT molecular complexity index is 2530. The predicted molar refractivity (Wildman–Crippen MR) is 265 cm³/mol. The number of hydrogen-bond acceptors (Lipinski definition) is 10. The molecule has 0 saturated heterocycles. The zero-order valence-corrected chi connectivity index (χ0v) is 43.5. The van der Waals surface area contributed by atoms with E-state index in [9.17, 15) is 4.79 Å². The standard InChI is InChI=1S/C55H64N3O7S.Y/c1-37-24-48-41(15-17-46-29-43-11-7-9-13-50(43)58(46)54(48)59)31-51(37)64-34-38-25-39(27-47(26-38)56(36-55(2,3)66)18-19-62-22-23-63-21-20-60-4)35-65-53-30-40-14-16-45-28-42-10-6-8-12-49(42)57(45)33-44(40)32-52(53)61-5;/h6-13,16,24-27,30-32,45-46,66H,14-15,17-23,28-29,33-36H2,1-5H3;/q-1;/t45-,46-;/m1./s1. The summed E-state index contributed by atoms with van der Waals surface area (Å²) in [5.41, 5.74) is 13.3. The molecule has 351 valence electrons. The fourth-order valence-corrected chi connectivity index (χ4v) is 10.3. The average Bonchev–Trinajstić information content (AvgIpc) is 3.76. The molecule has 0 bridgehead atoms. The first-order valence-electron chi connectivity index (χ1n) is 23.5. The van der Waals surface area contributed by atoms with Crippen LogP contribution in [0.5, 0.6) is 17.2 Å². The predicted octanol–water partition coefficient (Wildman–Crippen LogP) is 9.56. The van der Waals surface area contributed by atoms with Crippen LogP contribution in [0.2, 0.25) is 0 Å². The van der Waals surface area contributed by atoms with Crippen LogP contribution < -0.4 is 28.9 Å². The third-order valence-electron chi connectivity index (χ3n) is 13.3. The molecule has 0 aliphatic carbocycles. The Morgan fingerprint density at radius 2 is 1.40 bits per heavy atom. The largest absolute Gasteiger partial charge is 0.493 e. The second-order valence-electron chi connectivity index (χ2n) is 18.8. The van der Waals surface area contributed by atoms with Gasteiger partial charge in [-0.3, -0.25) is 4.79 Å². The molecular formula is C55H64N3O7SY-. The summed E-state index contributed by atoms with van der Waals surface area (Å²) < 4.78 is 35.9. The molecule has 10 nitrogen and oxygen atoms in total. The monoisotopic (exact) mass is 999 g/mol. The molecule has 67 heavy (non-hydrogen) atoms. The normalized spacial score (nSPS) is 17.0. The molecule has 0 spiro atoms. The van der Waals surface area contributed by atoms with Crippen molar-refractivity contribution in [1.29, 1.82) is 0 Å². The van der Waals surface area contributed by atoms with Gasteiger partial charge in [-0.05, 0) is 140 Å². The maximum Gasteiger partial charge on any atom is 0.258 e. The second-order valence-corrected chi connectivity index (χ2v) is 20.0. The molecule has 4 aliphatic rings. The topological polar surface area (TPSA) is 82.2 Å². The quantitative estimate of drug-likeness (QED) is 0.0495. The number of anilines is 3. The summed E-state index contributed by atoms with van der Waals surface area (Å²) in [6, 6.07) is 32.6. The molecule has 12 heteroatoms. The van der Waals surface area contributed by atoms with Crippen molar-refractivity contribution in [3.63, 3.8) is 0 Å². The second kappa shape index (κ2) is 22.1. The molecule has 0 saturated carbocycles. The van der Waals surface area contributed by atoms with E-state index in [2.05, 4.69) is 109 Å². The Morgan fingerprint density at radius 1 is 0.746 bits per heavy atom. The third kappa shape index (κ3) is 11.5. The molecule has 5 aromatic rings. The number of nitrogens with zero attached hydrogens (tertiary/aromatic N) is 3. The van der Waals surface area contributed by atoms with Gasteiger partial charge in [-0.1, -0.05) is 48.0 Å². The van der Waals surface area contributed by atoms with E-state index in [0.29, 0.717) is 65.4 Å². The van der Waals surface area contributed by atoms with E-state index in [4.69, 9.17) is 41.0 Å². The first kappa shape index (κ1) is 49.3. The molecule has 2 atom stereocenters. The molecule has 0 N–H and O–H groups in total. The van der Waals surface area contributed by atoms with E-state index in [1.54, 1.807) is 14.2 Å². The molecule has 0 fully saturated rings. The van der Waals surface area contributed by atoms with Crippen LogP contribution in [0.15, 0.2) is 91.0 Å². The molecular weight excluding hydrogens is 936 g/mol. The van der Waals surface area contributed by atoms with E-state index in [1.807, 2.05) is 24.0 Å². The average molecular weight is 1000 g/mol. The van der Waals surface area contributed by atoms with Crippen molar-refractivity contribution in [3.8, 4) is 17.2 Å². The molecule has 0 aromatic heterocycles. The van der Waals surface area contributed by atoms with Crippen molar-refractivity contribution in [2.75, 3.05) is 75.0 Å². The summed E-state index contributed by atoms with van der Waals surface area (Å²) in [6.07, 6.45) is 6.95. The minimum absolute atomic E-state index is 0. The van der Waals surface area contributed by atoms with Crippen LogP contribution in [0.25, 0.3) is 0 Å². The maximum atomic E-state index is 14.1. The number of methoxy groups -OCH3 is 2. The van der Waals surface area contributed by atoms with Gasteiger partial charge in [0.25, 0.3) is 5.91 Å². The van der Waals surface area contributed by atoms with Crippen LogP contribution in [-0.2, 0) is 92.4 Å². The number of rotatable bonds is 19. The number of ether oxygens (including phenoxy) is 6. The van der Waals surface area contributed by atoms with Crippen LogP contribution in [0.1, 0.15) is 75.1 Å². The number of carbonyl (C=O) groups excluding carboxylic acids is 1. The molecule has 4 aliphatic heterocycles. The van der Waals surface area contributed by atoms with E-state index < -0.39 is 0 Å². The number of amides is 1. The number of carbonyl (C=O) groups is 1. The van der Waals surface area contributed by atoms with Crippen molar-refractivity contribution in [1.82, 2.24) is 0 Å². The molecule has 4 heterocycles. The van der Waals surface area contributed by atoms with E-state index >= 15 is 0 Å². The van der Waals surface area contributed by atoms with Gasteiger partial charge in [0, 0.05) is 92.9 Å². The van der Waals surface area contributed by atoms with Gasteiger partial charge in [-0.15, -0.1) is 0 Å². The Morgan fingerprint density at radius 3 is 2.13 bits per heavy atom. The van der Waals surface area contributed by atoms with Crippen LogP contribution in [-0.4, -0.2) is 83.1 Å². The van der Waals surface area contributed by atoms with Crippen molar-refractivity contribution in [3.05, 3.63) is 147 Å². The number of aryl methyl sites for hydroxylation is 2. The summed E-state index contributed by atoms with van der Waals surface area (Å²) in [6.45, 7) is 11.8. The zero-order valence-electron chi connectivity index (χ0n) is 39.7. The number of thiol groups is 1. The minimum Gasteiger partial charge on any atom is -0.493 e. The zero-order chi connectivity index (χ0) is 45.8. The SMILES string of the molecule is COCCOCCOCCN(CC(C)(C)S)c1cc(COc2cc3c(cc2C)C(=O)N2c4ccccc4C[C@H]2CC3)cc(COc2cc3c(cc2OC)CN2c4ccccc4C[C@H]2[CH-]C3)c1.[Y]. The Labute approximate surface area is 427 Å². The smallest absolute Gasteiger partial charge is 0.258 e. The Balaban J connectivity index is 0.00000608. The molecule has 9 rings (SSSR count). The first-order chi connectivity index (χ1) is 32.0. The van der Waals surface area contributed by atoms with Gasteiger partial charge in [0.2, 0.25) is 0 Å². The summed E-state index contributed by atoms with van der Waals surface area (Å²) >= 11 is 4.98. The van der Waals surface area contributed by atoms with Gasteiger partial charge in [0.1, 0.15) is 19.0 Å². The Hall–Kier alpha value is -4.10.